The average molecular weight is 383 g/mol. The number of hydrogen-bond acceptors (Lipinski definition) is 5. The Kier molecular flexibility index (Phi) is 6.03. The average Bonchev–Trinajstić information content (AvgIpc) is 3.28. The van der Waals surface area contributed by atoms with Crippen molar-refractivity contribution in [2.24, 2.45) is 0 Å². The number of benzene rings is 1. The zero-order chi connectivity index (χ0) is 19.2. The summed E-state index contributed by atoms with van der Waals surface area (Å²) in [5.41, 5.74) is 3.81. The van der Waals surface area contributed by atoms with Gasteiger partial charge >= 0.3 is 0 Å². The zero-order valence-electron chi connectivity index (χ0n) is 15.2. The van der Waals surface area contributed by atoms with Gasteiger partial charge in [0, 0.05) is 30.0 Å². The zero-order valence-corrected chi connectivity index (χ0v) is 16.1. The third kappa shape index (κ3) is 5.04. The normalized spacial score (nSPS) is 10.6. The molecule has 2 amide bonds. The van der Waals surface area contributed by atoms with Crippen molar-refractivity contribution in [3.63, 3.8) is 0 Å². The van der Waals surface area contributed by atoms with E-state index < -0.39 is 0 Å². The highest BCUT2D eigenvalue weighted by molar-refractivity contribution is 7.14. The van der Waals surface area contributed by atoms with Crippen molar-refractivity contribution in [1.82, 2.24) is 10.3 Å². The molecule has 0 radical (unpaired) electrons. The summed E-state index contributed by atoms with van der Waals surface area (Å²) in [6.45, 7) is 4.03. The van der Waals surface area contributed by atoms with Gasteiger partial charge in [-0.15, -0.1) is 11.3 Å². The molecule has 1 aromatic carbocycles. The minimum atomic E-state index is -0.298. The topological polar surface area (TPSA) is 84.2 Å². The van der Waals surface area contributed by atoms with Crippen molar-refractivity contribution < 1.29 is 14.0 Å². The van der Waals surface area contributed by atoms with Crippen LogP contribution in [0.5, 0.6) is 0 Å². The molecule has 2 N–H and O–H groups in total. The van der Waals surface area contributed by atoms with E-state index in [4.69, 9.17) is 4.42 Å². The van der Waals surface area contributed by atoms with Crippen LogP contribution in [0.1, 0.15) is 35.0 Å². The molecular formula is C20H21N3O3S. The number of rotatable bonds is 7. The number of nitrogens with zero attached hydrogens (tertiary/aromatic N) is 1. The molecule has 0 spiro atoms. The molecule has 0 aliphatic heterocycles. The Morgan fingerprint density at radius 2 is 1.96 bits per heavy atom. The Morgan fingerprint density at radius 1 is 1.19 bits per heavy atom. The summed E-state index contributed by atoms with van der Waals surface area (Å²) in [5, 5.41) is 8.01. The smallest absolute Gasteiger partial charge is 0.293 e. The van der Waals surface area contributed by atoms with Crippen LogP contribution in [-0.4, -0.2) is 23.3 Å². The maximum absolute atomic E-state index is 12.2. The van der Waals surface area contributed by atoms with Crippen LogP contribution in [0.15, 0.2) is 46.4 Å². The maximum atomic E-state index is 12.2. The van der Waals surface area contributed by atoms with Gasteiger partial charge in [-0.1, -0.05) is 24.3 Å². The molecule has 2 aromatic heterocycles. The van der Waals surface area contributed by atoms with Gasteiger partial charge < -0.3 is 9.73 Å². The number of anilines is 1. The molecule has 6 nitrogen and oxygen atoms in total. The summed E-state index contributed by atoms with van der Waals surface area (Å²) >= 11 is 1.37. The fraction of sp³-hybridized carbons (Fsp3) is 0.250. The number of aromatic nitrogens is 1. The van der Waals surface area contributed by atoms with Crippen molar-refractivity contribution in [2.75, 3.05) is 11.9 Å². The predicted octanol–water partition coefficient (Wildman–Crippen LogP) is 4.03. The number of amides is 2. The molecule has 140 valence electrons. The predicted molar refractivity (Wildman–Crippen MR) is 106 cm³/mol. The molecule has 0 saturated carbocycles. The van der Waals surface area contributed by atoms with E-state index in [1.54, 1.807) is 6.07 Å². The minimum absolute atomic E-state index is 0.000941. The largest absolute Gasteiger partial charge is 0.459 e. The second-order valence-corrected chi connectivity index (χ2v) is 7.07. The first-order chi connectivity index (χ1) is 13.0. The SMILES string of the molecule is CC(=O)NCCCc1ccc(-c2csc(NC(=O)c3occc3C)n2)cc1. The highest BCUT2D eigenvalue weighted by atomic mass is 32.1. The van der Waals surface area contributed by atoms with Gasteiger partial charge in [0.2, 0.25) is 5.91 Å². The summed E-state index contributed by atoms with van der Waals surface area (Å²) in [7, 11) is 0. The molecule has 0 fully saturated rings. The van der Waals surface area contributed by atoms with E-state index in [0.717, 1.165) is 29.7 Å². The minimum Gasteiger partial charge on any atom is -0.459 e. The Labute approximate surface area is 161 Å². The third-order valence-electron chi connectivity index (χ3n) is 4.06. The van der Waals surface area contributed by atoms with Gasteiger partial charge in [0.05, 0.1) is 12.0 Å². The van der Waals surface area contributed by atoms with Crippen molar-refractivity contribution in [3.8, 4) is 11.3 Å². The van der Waals surface area contributed by atoms with Gasteiger partial charge in [0.25, 0.3) is 5.91 Å². The van der Waals surface area contributed by atoms with E-state index in [2.05, 4.69) is 27.8 Å². The summed E-state index contributed by atoms with van der Waals surface area (Å²) in [5.74, 6) is 0.00210. The van der Waals surface area contributed by atoms with E-state index >= 15 is 0 Å². The van der Waals surface area contributed by atoms with Gasteiger partial charge in [-0.2, -0.15) is 0 Å². The van der Waals surface area contributed by atoms with Crippen LogP contribution in [0.3, 0.4) is 0 Å². The quantitative estimate of drug-likeness (QED) is 0.603. The van der Waals surface area contributed by atoms with Crippen LogP contribution in [0, 0.1) is 6.92 Å². The standard InChI is InChI=1S/C20H21N3O3S/c1-13-9-11-26-18(13)19(25)23-20-22-17(12-27-20)16-7-5-15(6-8-16)4-3-10-21-14(2)24/h5-9,11-12H,3-4,10H2,1-2H3,(H,21,24)(H,22,23,25). The molecule has 0 unspecified atom stereocenters. The number of thiazole rings is 1. The summed E-state index contributed by atoms with van der Waals surface area (Å²) in [6.07, 6.45) is 3.30. The molecule has 0 atom stereocenters. The number of furan rings is 1. The van der Waals surface area contributed by atoms with E-state index in [9.17, 15) is 9.59 Å². The number of carbonyl (C=O) groups excluding carboxylic acids is 2. The third-order valence-corrected chi connectivity index (χ3v) is 4.82. The molecular weight excluding hydrogens is 362 g/mol. The fourth-order valence-electron chi connectivity index (χ4n) is 2.62. The number of nitrogens with one attached hydrogen (secondary N) is 2. The lowest BCUT2D eigenvalue weighted by atomic mass is 10.1. The maximum Gasteiger partial charge on any atom is 0.293 e. The lowest BCUT2D eigenvalue weighted by Gasteiger charge is -2.04. The first-order valence-corrected chi connectivity index (χ1v) is 9.55. The molecule has 3 rings (SSSR count). The lowest BCUT2D eigenvalue weighted by Crippen LogP contribution is -2.21. The molecule has 27 heavy (non-hydrogen) atoms. The lowest BCUT2D eigenvalue weighted by molar-refractivity contribution is -0.118. The second-order valence-electron chi connectivity index (χ2n) is 6.21. The van der Waals surface area contributed by atoms with Crippen LogP contribution in [0.2, 0.25) is 0 Å². The molecule has 7 heteroatoms. The summed E-state index contributed by atoms with van der Waals surface area (Å²) in [6, 6.07) is 9.91. The molecule has 0 aliphatic carbocycles. The van der Waals surface area contributed by atoms with Crippen LogP contribution in [0.25, 0.3) is 11.3 Å². The first kappa shape index (κ1) is 18.8. The number of aryl methyl sites for hydroxylation is 2. The van der Waals surface area contributed by atoms with E-state index in [1.807, 2.05) is 24.4 Å². The van der Waals surface area contributed by atoms with Crippen molar-refractivity contribution in [2.45, 2.75) is 26.7 Å². The summed E-state index contributed by atoms with van der Waals surface area (Å²) < 4.78 is 5.20. The van der Waals surface area contributed by atoms with Crippen LogP contribution in [0.4, 0.5) is 5.13 Å². The van der Waals surface area contributed by atoms with Crippen LogP contribution >= 0.6 is 11.3 Å². The molecule has 2 heterocycles. The van der Waals surface area contributed by atoms with Gasteiger partial charge in [-0.05, 0) is 31.4 Å². The van der Waals surface area contributed by atoms with Crippen LogP contribution in [-0.2, 0) is 11.2 Å². The Balaban J connectivity index is 1.58. The van der Waals surface area contributed by atoms with E-state index in [0.29, 0.717) is 17.4 Å². The first-order valence-electron chi connectivity index (χ1n) is 8.67. The Hall–Kier alpha value is -2.93. The van der Waals surface area contributed by atoms with Gasteiger partial charge in [0.1, 0.15) is 0 Å². The monoisotopic (exact) mass is 383 g/mol. The van der Waals surface area contributed by atoms with Crippen molar-refractivity contribution >= 4 is 28.3 Å². The molecule has 0 bridgehead atoms. The highest BCUT2D eigenvalue weighted by Crippen LogP contribution is 2.26. The van der Waals surface area contributed by atoms with Crippen molar-refractivity contribution in [3.05, 3.63) is 58.9 Å². The van der Waals surface area contributed by atoms with Crippen molar-refractivity contribution in [1.29, 1.82) is 0 Å². The summed E-state index contributed by atoms with van der Waals surface area (Å²) in [4.78, 5) is 27.5. The van der Waals surface area contributed by atoms with E-state index in [-0.39, 0.29) is 11.8 Å². The Bertz CT molecular complexity index is 928. The molecule has 0 saturated heterocycles. The number of hydrogen-bond donors (Lipinski definition) is 2. The number of carbonyl (C=O) groups is 2. The van der Waals surface area contributed by atoms with Gasteiger partial charge in [-0.3, -0.25) is 14.9 Å². The second kappa shape index (κ2) is 8.64. The highest BCUT2D eigenvalue weighted by Gasteiger charge is 2.14. The van der Waals surface area contributed by atoms with Crippen LogP contribution < -0.4 is 10.6 Å². The molecule has 3 aromatic rings. The van der Waals surface area contributed by atoms with Gasteiger partial charge in [0.15, 0.2) is 10.9 Å². The van der Waals surface area contributed by atoms with Gasteiger partial charge in [-0.25, -0.2) is 4.98 Å². The molecule has 0 aliphatic rings. The Morgan fingerprint density at radius 3 is 2.63 bits per heavy atom. The fourth-order valence-corrected chi connectivity index (χ4v) is 3.34. The van der Waals surface area contributed by atoms with E-state index in [1.165, 1.54) is 30.1 Å².